The summed E-state index contributed by atoms with van der Waals surface area (Å²) in [5, 5.41) is 14.4. The molecule has 18 heavy (non-hydrogen) atoms. The average Bonchev–Trinajstić information content (AvgIpc) is 2.81. The van der Waals surface area contributed by atoms with Crippen LogP contribution in [0.4, 0.5) is 0 Å². The summed E-state index contributed by atoms with van der Waals surface area (Å²) < 4.78 is 2.93. The highest BCUT2D eigenvalue weighted by molar-refractivity contribution is 9.10. The normalized spacial score (nSPS) is 12.6. The van der Waals surface area contributed by atoms with Gasteiger partial charge in [-0.1, -0.05) is 35.0 Å². The van der Waals surface area contributed by atoms with Crippen molar-refractivity contribution in [3.05, 3.63) is 52.3 Å². The number of aliphatic hydroxyl groups excluding tert-OH is 1. The van der Waals surface area contributed by atoms with Gasteiger partial charge in [-0.3, -0.25) is 4.68 Å². The van der Waals surface area contributed by atoms with Gasteiger partial charge in [0.1, 0.15) is 0 Å². The summed E-state index contributed by atoms with van der Waals surface area (Å²) in [6.45, 7) is 3.00. The van der Waals surface area contributed by atoms with E-state index in [0.29, 0.717) is 6.42 Å². The number of aromatic nitrogens is 2. The van der Waals surface area contributed by atoms with Crippen LogP contribution in [0.25, 0.3) is 0 Å². The van der Waals surface area contributed by atoms with Crippen molar-refractivity contribution in [2.24, 2.45) is 0 Å². The summed E-state index contributed by atoms with van der Waals surface area (Å²) >= 11 is 3.40. The van der Waals surface area contributed by atoms with Gasteiger partial charge in [-0.05, 0) is 24.1 Å². The zero-order valence-corrected chi connectivity index (χ0v) is 12.0. The van der Waals surface area contributed by atoms with Crippen molar-refractivity contribution in [2.75, 3.05) is 0 Å². The van der Waals surface area contributed by atoms with Gasteiger partial charge in [-0.2, -0.15) is 5.10 Å². The molecule has 1 heterocycles. The van der Waals surface area contributed by atoms with E-state index in [1.54, 1.807) is 6.20 Å². The zero-order valence-electron chi connectivity index (χ0n) is 10.4. The van der Waals surface area contributed by atoms with Crippen molar-refractivity contribution in [3.63, 3.8) is 0 Å². The van der Waals surface area contributed by atoms with Gasteiger partial charge >= 0.3 is 0 Å². The first-order valence-corrected chi connectivity index (χ1v) is 6.93. The molecule has 2 aromatic rings. The predicted octanol–water partition coefficient (Wildman–Crippen LogP) is 3.33. The molecular formula is C14H17BrN2O. The van der Waals surface area contributed by atoms with Gasteiger partial charge < -0.3 is 5.11 Å². The SMILES string of the molecule is CCCn1cc(C(O)Cc2ccc(Br)cc2)cn1. The smallest absolute Gasteiger partial charge is 0.0860 e. The average molecular weight is 309 g/mol. The van der Waals surface area contributed by atoms with Crippen LogP contribution in [0.5, 0.6) is 0 Å². The van der Waals surface area contributed by atoms with Crippen molar-refractivity contribution in [1.82, 2.24) is 9.78 Å². The van der Waals surface area contributed by atoms with Crippen LogP contribution in [0.3, 0.4) is 0 Å². The van der Waals surface area contributed by atoms with Crippen LogP contribution in [-0.2, 0) is 13.0 Å². The molecule has 0 saturated carbocycles. The lowest BCUT2D eigenvalue weighted by atomic mass is 10.0. The summed E-state index contributed by atoms with van der Waals surface area (Å²) in [6, 6.07) is 8.01. The van der Waals surface area contributed by atoms with Gasteiger partial charge in [0.2, 0.25) is 0 Å². The quantitative estimate of drug-likeness (QED) is 0.920. The molecule has 3 nitrogen and oxygen atoms in total. The van der Waals surface area contributed by atoms with Crippen molar-refractivity contribution < 1.29 is 5.11 Å². The van der Waals surface area contributed by atoms with Crippen molar-refractivity contribution in [2.45, 2.75) is 32.4 Å². The topological polar surface area (TPSA) is 38.0 Å². The van der Waals surface area contributed by atoms with Crippen LogP contribution in [0.15, 0.2) is 41.1 Å². The Bertz CT molecular complexity index is 493. The minimum Gasteiger partial charge on any atom is -0.388 e. The molecule has 0 saturated heterocycles. The molecule has 0 radical (unpaired) electrons. The summed E-state index contributed by atoms with van der Waals surface area (Å²) in [5.74, 6) is 0. The van der Waals surface area contributed by atoms with Crippen molar-refractivity contribution in [1.29, 1.82) is 0 Å². The molecule has 4 heteroatoms. The van der Waals surface area contributed by atoms with Gasteiger partial charge in [-0.25, -0.2) is 0 Å². The first-order chi connectivity index (χ1) is 8.69. The van der Waals surface area contributed by atoms with Crippen LogP contribution >= 0.6 is 15.9 Å². The highest BCUT2D eigenvalue weighted by Crippen LogP contribution is 2.19. The molecule has 1 atom stereocenters. The Morgan fingerprint density at radius 3 is 2.72 bits per heavy atom. The highest BCUT2D eigenvalue weighted by Gasteiger charge is 2.10. The fourth-order valence-corrected chi connectivity index (χ4v) is 2.13. The fraction of sp³-hybridized carbons (Fsp3) is 0.357. The minimum atomic E-state index is -0.489. The molecule has 1 aromatic heterocycles. The van der Waals surface area contributed by atoms with Crippen LogP contribution < -0.4 is 0 Å². The number of halogens is 1. The third kappa shape index (κ3) is 3.43. The number of hydrogen-bond acceptors (Lipinski definition) is 2. The second kappa shape index (κ2) is 6.16. The molecule has 0 bridgehead atoms. The van der Waals surface area contributed by atoms with Crippen LogP contribution in [0.1, 0.15) is 30.6 Å². The molecule has 2 rings (SSSR count). The van der Waals surface area contributed by atoms with E-state index >= 15 is 0 Å². The summed E-state index contributed by atoms with van der Waals surface area (Å²) in [5.41, 5.74) is 2.00. The van der Waals surface area contributed by atoms with E-state index in [9.17, 15) is 5.11 Å². The Morgan fingerprint density at radius 1 is 1.33 bits per heavy atom. The van der Waals surface area contributed by atoms with Gasteiger partial charge in [0.15, 0.2) is 0 Å². The maximum Gasteiger partial charge on any atom is 0.0860 e. The molecule has 1 unspecified atom stereocenters. The van der Waals surface area contributed by atoms with Crippen LogP contribution in [-0.4, -0.2) is 14.9 Å². The van der Waals surface area contributed by atoms with Crippen molar-refractivity contribution in [3.8, 4) is 0 Å². The second-order valence-corrected chi connectivity index (χ2v) is 5.30. The third-order valence-corrected chi connectivity index (χ3v) is 3.36. The maximum atomic E-state index is 10.2. The largest absolute Gasteiger partial charge is 0.388 e. The van der Waals surface area contributed by atoms with E-state index in [1.807, 2.05) is 35.1 Å². The second-order valence-electron chi connectivity index (χ2n) is 4.38. The predicted molar refractivity (Wildman–Crippen MR) is 75.3 cm³/mol. The summed E-state index contributed by atoms with van der Waals surface area (Å²) in [7, 11) is 0. The van der Waals surface area contributed by atoms with Gasteiger partial charge in [0, 0.05) is 29.2 Å². The Kier molecular flexibility index (Phi) is 4.55. The number of aliphatic hydroxyl groups is 1. The third-order valence-electron chi connectivity index (χ3n) is 2.83. The number of rotatable bonds is 5. The van der Waals surface area contributed by atoms with Crippen LogP contribution in [0, 0.1) is 0 Å². The Balaban J connectivity index is 2.02. The number of hydrogen-bond donors (Lipinski definition) is 1. The molecule has 96 valence electrons. The summed E-state index contributed by atoms with van der Waals surface area (Å²) in [4.78, 5) is 0. The maximum absolute atomic E-state index is 10.2. The van der Waals surface area contributed by atoms with Crippen molar-refractivity contribution >= 4 is 15.9 Å². The first-order valence-electron chi connectivity index (χ1n) is 6.14. The molecule has 0 aliphatic rings. The lowest BCUT2D eigenvalue weighted by Gasteiger charge is -2.08. The number of nitrogens with zero attached hydrogens (tertiary/aromatic N) is 2. The molecule has 0 aliphatic heterocycles. The molecule has 1 aromatic carbocycles. The van der Waals surface area contributed by atoms with E-state index < -0.39 is 6.10 Å². The van der Waals surface area contributed by atoms with E-state index in [1.165, 1.54) is 0 Å². The zero-order chi connectivity index (χ0) is 13.0. The Hall–Kier alpha value is -1.13. The van der Waals surface area contributed by atoms with Gasteiger partial charge in [0.05, 0.1) is 12.3 Å². The Morgan fingerprint density at radius 2 is 2.06 bits per heavy atom. The summed E-state index contributed by atoms with van der Waals surface area (Å²) in [6.07, 6.45) is 4.85. The monoisotopic (exact) mass is 308 g/mol. The molecule has 1 N–H and O–H groups in total. The molecule has 0 aliphatic carbocycles. The van der Waals surface area contributed by atoms with E-state index in [4.69, 9.17) is 0 Å². The fourth-order valence-electron chi connectivity index (χ4n) is 1.86. The minimum absolute atomic E-state index is 0.489. The van der Waals surface area contributed by atoms with E-state index in [2.05, 4.69) is 28.0 Å². The number of benzene rings is 1. The lowest BCUT2D eigenvalue weighted by Crippen LogP contribution is -2.01. The van der Waals surface area contributed by atoms with E-state index in [0.717, 1.165) is 28.6 Å². The molecule has 0 spiro atoms. The lowest BCUT2D eigenvalue weighted by molar-refractivity contribution is 0.178. The molecule has 0 fully saturated rings. The molecular weight excluding hydrogens is 292 g/mol. The van der Waals surface area contributed by atoms with Gasteiger partial charge in [0.25, 0.3) is 0 Å². The highest BCUT2D eigenvalue weighted by atomic mass is 79.9. The standard InChI is InChI=1S/C14H17BrN2O/c1-2-7-17-10-12(9-16-17)14(18)8-11-3-5-13(15)6-4-11/h3-6,9-10,14,18H,2,7-8H2,1H3. The number of aryl methyl sites for hydroxylation is 1. The first kappa shape index (κ1) is 13.3. The Labute approximate surface area is 116 Å². The molecule has 0 amide bonds. The van der Waals surface area contributed by atoms with Gasteiger partial charge in [-0.15, -0.1) is 0 Å². The van der Waals surface area contributed by atoms with Crippen LogP contribution in [0.2, 0.25) is 0 Å². The van der Waals surface area contributed by atoms with E-state index in [-0.39, 0.29) is 0 Å².